The lowest BCUT2D eigenvalue weighted by atomic mass is 9.96. The quantitative estimate of drug-likeness (QED) is 0.651. The van der Waals surface area contributed by atoms with Crippen molar-refractivity contribution < 1.29 is 9.13 Å². The molecule has 1 nitrogen and oxygen atoms in total. The summed E-state index contributed by atoms with van der Waals surface area (Å²) in [5, 5.41) is 0. The molecule has 0 aliphatic heterocycles. The highest BCUT2D eigenvalue weighted by atomic mass is 19.1. The van der Waals surface area contributed by atoms with Gasteiger partial charge in [0.2, 0.25) is 0 Å². The van der Waals surface area contributed by atoms with E-state index in [1.54, 1.807) is 12.1 Å². The molecule has 1 unspecified atom stereocenters. The van der Waals surface area contributed by atoms with Gasteiger partial charge in [-0.25, -0.2) is 4.39 Å². The van der Waals surface area contributed by atoms with Crippen LogP contribution in [0.2, 0.25) is 0 Å². The van der Waals surface area contributed by atoms with Crippen LogP contribution < -0.4 is 4.74 Å². The van der Waals surface area contributed by atoms with Gasteiger partial charge in [0.05, 0.1) is 6.61 Å². The second kappa shape index (κ2) is 7.10. The average Bonchev–Trinajstić information content (AvgIpc) is 2.34. The van der Waals surface area contributed by atoms with E-state index in [2.05, 4.69) is 19.9 Å². The van der Waals surface area contributed by atoms with Crippen molar-refractivity contribution in [1.29, 1.82) is 0 Å². The topological polar surface area (TPSA) is 9.23 Å². The Kier molecular flexibility index (Phi) is 5.75. The third-order valence-corrected chi connectivity index (χ3v) is 2.69. The van der Waals surface area contributed by atoms with Gasteiger partial charge in [0, 0.05) is 5.56 Å². The summed E-state index contributed by atoms with van der Waals surface area (Å²) in [4.78, 5) is 0. The van der Waals surface area contributed by atoms with Gasteiger partial charge in [0.15, 0.2) is 0 Å². The summed E-state index contributed by atoms with van der Waals surface area (Å²) in [6.45, 7) is 6.82. The van der Waals surface area contributed by atoms with Crippen LogP contribution in [0.25, 0.3) is 0 Å². The highest BCUT2D eigenvalue weighted by Crippen LogP contribution is 2.30. The molecule has 94 valence electrons. The third-order valence-electron chi connectivity index (χ3n) is 2.69. The summed E-state index contributed by atoms with van der Waals surface area (Å²) >= 11 is 0. The molecule has 0 aliphatic carbocycles. The largest absolute Gasteiger partial charge is 0.493 e. The smallest absolute Gasteiger partial charge is 0.123 e. The van der Waals surface area contributed by atoms with Gasteiger partial charge in [-0.05, 0) is 43.9 Å². The maximum Gasteiger partial charge on any atom is 0.123 e. The van der Waals surface area contributed by atoms with Gasteiger partial charge in [0.25, 0.3) is 0 Å². The minimum absolute atomic E-state index is 0.198. The summed E-state index contributed by atoms with van der Waals surface area (Å²) in [6, 6.07) is 4.77. The van der Waals surface area contributed by atoms with Gasteiger partial charge in [-0.3, -0.25) is 0 Å². The first-order chi connectivity index (χ1) is 8.19. The van der Waals surface area contributed by atoms with Crippen molar-refractivity contribution in [2.24, 2.45) is 0 Å². The van der Waals surface area contributed by atoms with E-state index in [4.69, 9.17) is 4.74 Å². The Morgan fingerprint density at radius 2 is 2.18 bits per heavy atom. The van der Waals surface area contributed by atoms with Gasteiger partial charge in [0.1, 0.15) is 11.6 Å². The van der Waals surface area contributed by atoms with Crippen molar-refractivity contribution in [2.75, 3.05) is 6.61 Å². The Labute approximate surface area is 103 Å². The van der Waals surface area contributed by atoms with E-state index in [9.17, 15) is 4.39 Å². The normalized spacial score (nSPS) is 12.9. The van der Waals surface area contributed by atoms with E-state index in [1.807, 2.05) is 13.0 Å². The van der Waals surface area contributed by atoms with E-state index < -0.39 is 0 Å². The Balaban J connectivity index is 2.89. The maximum atomic E-state index is 13.3. The van der Waals surface area contributed by atoms with Gasteiger partial charge < -0.3 is 4.74 Å². The summed E-state index contributed by atoms with van der Waals surface area (Å²) in [7, 11) is 0. The van der Waals surface area contributed by atoms with Gasteiger partial charge in [-0.1, -0.05) is 26.0 Å². The van der Waals surface area contributed by atoms with E-state index >= 15 is 0 Å². The lowest BCUT2D eigenvalue weighted by molar-refractivity contribution is 0.312. The van der Waals surface area contributed by atoms with Crippen molar-refractivity contribution in [3.8, 4) is 5.75 Å². The van der Waals surface area contributed by atoms with Gasteiger partial charge >= 0.3 is 0 Å². The van der Waals surface area contributed by atoms with Crippen molar-refractivity contribution >= 4 is 0 Å². The molecule has 1 aromatic rings. The van der Waals surface area contributed by atoms with Crippen LogP contribution in [0.3, 0.4) is 0 Å². The Morgan fingerprint density at radius 1 is 1.41 bits per heavy atom. The number of halogens is 1. The fraction of sp³-hybridized carbons (Fsp3) is 0.467. The first-order valence-corrected chi connectivity index (χ1v) is 6.22. The van der Waals surface area contributed by atoms with Crippen LogP contribution in [0.4, 0.5) is 4.39 Å². The number of benzene rings is 1. The summed E-state index contributed by atoms with van der Waals surface area (Å²) in [6.07, 6.45) is 5.98. The molecule has 0 saturated carbocycles. The number of allylic oxidation sites excluding steroid dienone is 2. The van der Waals surface area contributed by atoms with Crippen molar-refractivity contribution in [1.82, 2.24) is 0 Å². The average molecular weight is 236 g/mol. The third kappa shape index (κ3) is 4.22. The lowest BCUT2D eigenvalue weighted by Gasteiger charge is -2.15. The molecule has 0 N–H and O–H groups in total. The van der Waals surface area contributed by atoms with E-state index in [0.717, 1.165) is 24.2 Å². The summed E-state index contributed by atoms with van der Waals surface area (Å²) in [5.74, 6) is 0.884. The molecule has 1 atom stereocenters. The van der Waals surface area contributed by atoms with Gasteiger partial charge in [-0.15, -0.1) is 0 Å². The zero-order valence-electron chi connectivity index (χ0n) is 10.9. The minimum atomic E-state index is -0.198. The zero-order chi connectivity index (χ0) is 12.7. The number of rotatable bonds is 6. The number of hydrogen-bond acceptors (Lipinski definition) is 1. The number of hydrogen-bond donors (Lipinski definition) is 0. The first-order valence-electron chi connectivity index (χ1n) is 6.22. The molecule has 0 spiro atoms. The van der Waals surface area contributed by atoms with Gasteiger partial charge in [-0.2, -0.15) is 0 Å². The fourth-order valence-corrected chi connectivity index (χ4v) is 1.72. The second-order valence-corrected chi connectivity index (χ2v) is 4.24. The predicted octanol–water partition coefficient (Wildman–Crippen LogP) is 4.68. The van der Waals surface area contributed by atoms with Crippen LogP contribution in [-0.2, 0) is 0 Å². The van der Waals surface area contributed by atoms with E-state index in [1.165, 1.54) is 6.07 Å². The molecule has 2 heteroatoms. The number of ether oxygens (including phenoxy) is 1. The summed E-state index contributed by atoms with van der Waals surface area (Å²) in [5.41, 5.74) is 0.955. The predicted molar refractivity (Wildman–Crippen MR) is 70.0 cm³/mol. The molecular weight excluding hydrogens is 215 g/mol. The monoisotopic (exact) mass is 236 g/mol. The standard InChI is InChI=1S/C15H21FO/c1-4-6-7-12(3)14-11-13(16)8-9-15(14)17-10-5-2/h4,6,8-9,11-12H,5,7,10H2,1-3H3/b6-4-. The molecule has 0 fully saturated rings. The van der Waals surface area contributed by atoms with Crippen molar-refractivity contribution in [3.05, 3.63) is 41.7 Å². The SMILES string of the molecule is C/C=C\CC(C)c1cc(F)ccc1OCCC. The molecule has 1 aromatic carbocycles. The Morgan fingerprint density at radius 3 is 2.82 bits per heavy atom. The van der Waals surface area contributed by atoms with Crippen LogP contribution in [0.5, 0.6) is 5.75 Å². The van der Waals surface area contributed by atoms with Crippen LogP contribution >= 0.6 is 0 Å². The van der Waals surface area contributed by atoms with Crippen LogP contribution in [-0.4, -0.2) is 6.61 Å². The molecule has 0 saturated heterocycles. The molecule has 0 aliphatic rings. The van der Waals surface area contributed by atoms with Crippen LogP contribution in [0.15, 0.2) is 30.4 Å². The molecular formula is C15H21FO. The molecule has 1 rings (SSSR count). The fourth-order valence-electron chi connectivity index (χ4n) is 1.72. The highest BCUT2D eigenvalue weighted by Gasteiger charge is 2.11. The minimum Gasteiger partial charge on any atom is -0.493 e. The molecule has 0 bridgehead atoms. The second-order valence-electron chi connectivity index (χ2n) is 4.24. The van der Waals surface area contributed by atoms with Crippen LogP contribution in [0.1, 0.15) is 45.1 Å². The van der Waals surface area contributed by atoms with Crippen molar-refractivity contribution in [3.63, 3.8) is 0 Å². The Bertz CT molecular complexity index is 371. The molecule has 0 heterocycles. The maximum absolute atomic E-state index is 13.3. The zero-order valence-corrected chi connectivity index (χ0v) is 10.9. The van der Waals surface area contributed by atoms with Crippen LogP contribution in [0, 0.1) is 5.82 Å². The molecule has 0 aromatic heterocycles. The van der Waals surface area contributed by atoms with E-state index in [-0.39, 0.29) is 11.7 Å². The Hall–Kier alpha value is -1.31. The summed E-state index contributed by atoms with van der Waals surface area (Å²) < 4.78 is 18.9. The highest BCUT2D eigenvalue weighted by molar-refractivity contribution is 5.36. The molecule has 0 radical (unpaired) electrons. The van der Waals surface area contributed by atoms with Crippen molar-refractivity contribution in [2.45, 2.75) is 39.5 Å². The lowest BCUT2D eigenvalue weighted by Crippen LogP contribution is -2.02. The van der Waals surface area contributed by atoms with E-state index in [0.29, 0.717) is 6.61 Å². The molecule has 0 amide bonds. The first kappa shape index (κ1) is 13.8. The molecule has 17 heavy (non-hydrogen) atoms.